The number of aryl methyl sites for hydroxylation is 1. The van der Waals surface area contributed by atoms with Crippen LogP contribution in [0.1, 0.15) is 12.0 Å². The summed E-state index contributed by atoms with van der Waals surface area (Å²) in [5, 5.41) is 0. The van der Waals surface area contributed by atoms with Crippen LogP contribution >= 0.6 is 0 Å². The third-order valence-corrected chi connectivity index (χ3v) is 6.12. The van der Waals surface area contributed by atoms with E-state index in [1.165, 1.54) is 22.8 Å². The van der Waals surface area contributed by atoms with Crippen molar-refractivity contribution >= 4 is 15.8 Å². The number of hydrogen-bond donors (Lipinski definition) is 0. The van der Waals surface area contributed by atoms with E-state index < -0.39 is 15.8 Å². The van der Waals surface area contributed by atoms with Gasteiger partial charge in [-0.15, -0.1) is 0 Å². The van der Waals surface area contributed by atoms with Crippen molar-refractivity contribution in [2.24, 2.45) is 0 Å². The minimum atomic E-state index is -3.75. The first kappa shape index (κ1) is 18.5. The van der Waals surface area contributed by atoms with E-state index in [9.17, 15) is 12.8 Å². The number of anilines is 1. The maximum absolute atomic E-state index is 13.7. The number of ether oxygens (including phenoxy) is 1. The van der Waals surface area contributed by atoms with Crippen molar-refractivity contribution < 1.29 is 17.5 Å². The van der Waals surface area contributed by atoms with E-state index in [2.05, 4.69) is 9.97 Å². The van der Waals surface area contributed by atoms with Gasteiger partial charge >= 0.3 is 0 Å². The van der Waals surface area contributed by atoms with Crippen molar-refractivity contribution in [3.05, 3.63) is 42.0 Å². The van der Waals surface area contributed by atoms with Gasteiger partial charge in [0.1, 0.15) is 24.1 Å². The van der Waals surface area contributed by atoms with Crippen LogP contribution in [-0.4, -0.2) is 56.0 Å². The lowest BCUT2D eigenvalue weighted by Gasteiger charge is -2.18. The Kier molecular flexibility index (Phi) is 5.10. The minimum absolute atomic E-state index is 0.0434. The second kappa shape index (κ2) is 7.16. The standard InChI is InChI=1S/C17H21FN4O3S/c1-12-4-5-14(8-15(12)18)26(23,24)22-7-6-13(10-22)25-17-9-16(21(2)3)19-11-20-17/h4-5,8-9,11,13H,6-7,10H2,1-3H3. The number of nitrogens with zero attached hydrogens (tertiary/aromatic N) is 4. The van der Waals surface area contributed by atoms with E-state index in [1.807, 2.05) is 19.0 Å². The van der Waals surface area contributed by atoms with E-state index >= 15 is 0 Å². The quantitative estimate of drug-likeness (QED) is 0.788. The Bertz CT molecular complexity index is 905. The summed E-state index contributed by atoms with van der Waals surface area (Å²) in [5.41, 5.74) is 0.409. The summed E-state index contributed by atoms with van der Waals surface area (Å²) >= 11 is 0. The Hall–Kier alpha value is -2.26. The molecule has 2 heterocycles. The van der Waals surface area contributed by atoms with Gasteiger partial charge in [0.15, 0.2) is 0 Å². The average Bonchev–Trinajstić information content (AvgIpc) is 3.06. The topological polar surface area (TPSA) is 75.6 Å². The fraction of sp³-hybridized carbons (Fsp3) is 0.412. The average molecular weight is 380 g/mol. The highest BCUT2D eigenvalue weighted by molar-refractivity contribution is 7.89. The number of sulfonamides is 1. The Morgan fingerprint density at radius 2 is 2.04 bits per heavy atom. The molecule has 1 unspecified atom stereocenters. The molecule has 0 saturated carbocycles. The van der Waals surface area contributed by atoms with Gasteiger partial charge < -0.3 is 9.64 Å². The SMILES string of the molecule is Cc1ccc(S(=O)(=O)N2CCC(Oc3cc(N(C)C)ncn3)C2)cc1F. The van der Waals surface area contributed by atoms with Crippen molar-refractivity contribution in [3.8, 4) is 5.88 Å². The molecule has 0 bridgehead atoms. The summed E-state index contributed by atoms with van der Waals surface area (Å²) in [6.45, 7) is 2.10. The molecule has 1 saturated heterocycles. The predicted molar refractivity (Wildman–Crippen MR) is 95.3 cm³/mol. The van der Waals surface area contributed by atoms with Crippen molar-refractivity contribution in [1.82, 2.24) is 14.3 Å². The van der Waals surface area contributed by atoms with Gasteiger partial charge in [0.05, 0.1) is 11.4 Å². The third-order valence-electron chi connectivity index (χ3n) is 4.26. The minimum Gasteiger partial charge on any atom is -0.473 e. The largest absolute Gasteiger partial charge is 0.473 e. The summed E-state index contributed by atoms with van der Waals surface area (Å²) in [5.74, 6) is 0.567. The molecule has 140 valence electrons. The lowest BCUT2D eigenvalue weighted by molar-refractivity contribution is 0.206. The molecular weight excluding hydrogens is 359 g/mol. The van der Waals surface area contributed by atoms with Crippen molar-refractivity contribution in [2.45, 2.75) is 24.3 Å². The Balaban J connectivity index is 1.71. The molecule has 1 aromatic carbocycles. The Morgan fingerprint density at radius 1 is 1.27 bits per heavy atom. The Morgan fingerprint density at radius 3 is 2.73 bits per heavy atom. The highest BCUT2D eigenvalue weighted by Crippen LogP contribution is 2.25. The number of benzene rings is 1. The van der Waals surface area contributed by atoms with E-state index in [0.29, 0.717) is 30.2 Å². The van der Waals surface area contributed by atoms with Crippen LogP contribution in [0.5, 0.6) is 5.88 Å². The maximum Gasteiger partial charge on any atom is 0.243 e. The van der Waals surface area contributed by atoms with Gasteiger partial charge in [0.25, 0.3) is 0 Å². The van der Waals surface area contributed by atoms with E-state index in [0.717, 1.165) is 6.07 Å². The molecule has 0 radical (unpaired) electrons. The second-order valence-corrected chi connectivity index (χ2v) is 8.35. The molecule has 1 aliphatic rings. The zero-order valence-electron chi connectivity index (χ0n) is 14.9. The molecule has 3 rings (SSSR count). The van der Waals surface area contributed by atoms with Gasteiger partial charge in [-0.05, 0) is 31.0 Å². The van der Waals surface area contributed by atoms with Crippen LogP contribution in [-0.2, 0) is 10.0 Å². The number of hydrogen-bond acceptors (Lipinski definition) is 6. The normalized spacial score (nSPS) is 18.1. The fourth-order valence-corrected chi connectivity index (χ4v) is 4.20. The second-order valence-electron chi connectivity index (χ2n) is 6.41. The molecule has 0 spiro atoms. The van der Waals surface area contributed by atoms with Crippen molar-refractivity contribution in [2.75, 3.05) is 32.1 Å². The van der Waals surface area contributed by atoms with Crippen LogP contribution in [0.15, 0.2) is 35.5 Å². The van der Waals surface area contributed by atoms with E-state index in [1.54, 1.807) is 13.0 Å². The van der Waals surface area contributed by atoms with Crippen LogP contribution in [0.4, 0.5) is 10.2 Å². The van der Waals surface area contributed by atoms with Crippen LogP contribution < -0.4 is 9.64 Å². The molecule has 1 atom stereocenters. The first-order valence-corrected chi connectivity index (χ1v) is 9.63. The summed E-state index contributed by atoms with van der Waals surface area (Å²) in [7, 11) is -0.0367. The van der Waals surface area contributed by atoms with Gasteiger partial charge in [0, 0.05) is 26.7 Å². The maximum atomic E-state index is 13.7. The molecule has 26 heavy (non-hydrogen) atoms. The molecule has 2 aromatic rings. The number of halogens is 1. The predicted octanol–water partition coefficient (Wildman–Crippen LogP) is 1.83. The molecule has 1 aliphatic heterocycles. The summed E-state index contributed by atoms with van der Waals surface area (Å²) in [6, 6.07) is 5.66. The molecule has 1 fully saturated rings. The van der Waals surface area contributed by atoms with Gasteiger partial charge in [0.2, 0.25) is 15.9 Å². The van der Waals surface area contributed by atoms with E-state index in [-0.39, 0.29) is 17.5 Å². The lowest BCUT2D eigenvalue weighted by atomic mass is 10.2. The van der Waals surface area contributed by atoms with Gasteiger partial charge in [-0.3, -0.25) is 0 Å². The van der Waals surface area contributed by atoms with Crippen LogP contribution in [0.2, 0.25) is 0 Å². The molecule has 9 heteroatoms. The molecule has 0 amide bonds. The highest BCUT2D eigenvalue weighted by Gasteiger charge is 2.34. The molecule has 1 aromatic heterocycles. The van der Waals surface area contributed by atoms with Crippen molar-refractivity contribution in [1.29, 1.82) is 0 Å². The molecule has 0 aliphatic carbocycles. The van der Waals surface area contributed by atoms with Crippen LogP contribution in [0.3, 0.4) is 0 Å². The third kappa shape index (κ3) is 3.78. The Labute approximate surface area is 152 Å². The zero-order chi connectivity index (χ0) is 18.9. The van der Waals surface area contributed by atoms with Crippen LogP contribution in [0.25, 0.3) is 0 Å². The van der Waals surface area contributed by atoms with Gasteiger partial charge in [-0.1, -0.05) is 6.07 Å². The first-order valence-electron chi connectivity index (χ1n) is 8.19. The smallest absolute Gasteiger partial charge is 0.243 e. The monoisotopic (exact) mass is 380 g/mol. The van der Waals surface area contributed by atoms with Gasteiger partial charge in [-0.25, -0.2) is 22.8 Å². The highest BCUT2D eigenvalue weighted by atomic mass is 32.2. The van der Waals surface area contributed by atoms with Gasteiger partial charge in [-0.2, -0.15) is 4.31 Å². The zero-order valence-corrected chi connectivity index (χ0v) is 15.7. The first-order chi connectivity index (χ1) is 12.3. The summed E-state index contributed by atoms with van der Waals surface area (Å²) < 4.78 is 46.3. The molecule has 0 N–H and O–H groups in total. The van der Waals surface area contributed by atoms with E-state index in [4.69, 9.17) is 4.74 Å². The molecule has 7 nitrogen and oxygen atoms in total. The lowest BCUT2D eigenvalue weighted by Crippen LogP contribution is -2.31. The van der Waals surface area contributed by atoms with Crippen LogP contribution in [0, 0.1) is 12.7 Å². The number of rotatable bonds is 5. The molecular formula is C17H21FN4O3S. The summed E-state index contributed by atoms with van der Waals surface area (Å²) in [6.07, 6.45) is 1.63. The van der Waals surface area contributed by atoms with Crippen molar-refractivity contribution in [3.63, 3.8) is 0 Å². The number of aromatic nitrogens is 2. The summed E-state index contributed by atoms with van der Waals surface area (Å²) in [4.78, 5) is 9.97. The fourth-order valence-electron chi connectivity index (χ4n) is 2.70.